The molecular formula is C28H34FN3O6. The molecule has 3 aromatic rings. The number of halogens is 1. The van der Waals surface area contributed by atoms with E-state index in [-0.39, 0.29) is 24.7 Å². The lowest BCUT2D eigenvalue weighted by atomic mass is 9.91. The van der Waals surface area contributed by atoms with E-state index in [1.165, 1.54) is 16.6 Å². The number of aryl methyl sites for hydroxylation is 1. The number of fused-ring (bicyclic) bond motifs is 2. The summed E-state index contributed by atoms with van der Waals surface area (Å²) < 4.78 is 39.3. The van der Waals surface area contributed by atoms with E-state index < -0.39 is 29.5 Å². The van der Waals surface area contributed by atoms with E-state index in [4.69, 9.17) is 18.9 Å². The molecule has 1 aliphatic rings. The Balaban J connectivity index is 2.10. The van der Waals surface area contributed by atoms with Crippen LogP contribution in [0.4, 0.5) is 4.39 Å². The number of nitrogens with zero attached hydrogens (tertiary/aromatic N) is 3. The molecule has 9 nitrogen and oxygen atoms in total. The van der Waals surface area contributed by atoms with E-state index in [0.29, 0.717) is 41.2 Å². The number of carbonyl (C=O) groups is 2. The van der Waals surface area contributed by atoms with Crippen LogP contribution in [0.25, 0.3) is 16.9 Å². The van der Waals surface area contributed by atoms with Crippen LogP contribution in [0.2, 0.25) is 0 Å². The van der Waals surface area contributed by atoms with Crippen LogP contribution in [0, 0.1) is 19.7 Å². The third-order valence-corrected chi connectivity index (χ3v) is 6.24. The van der Waals surface area contributed by atoms with Gasteiger partial charge in [0, 0.05) is 28.5 Å². The van der Waals surface area contributed by atoms with Crippen molar-refractivity contribution >= 4 is 17.6 Å². The molecule has 0 N–H and O–H groups in total. The van der Waals surface area contributed by atoms with Gasteiger partial charge >= 0.3 is 11.9 Å². The summed E-state index contributed by atoms with van der Waals surface area (Å²) in [5, 5.41) is 4.49. The predicted octanol–water partition coefficient (Wildman–Crippen LogP) is 5.07. The first-order chi connectivity index (χ1) is 18.0. The van der Waals surface area contributed by atoms with Crippen molar-refractivity contribution in [3.05, 3.63) is 46.0 Å². The standard InChI is InChI=1S/C28H34FN3O6/c1-8-35-26(33)20-14-21-30-16(4)22(25(27(34)36-9-2)38-28(5,6)7)23(32(21)31-20)18-13-19(29)24-17(15(18)3)11-10-12-37-24/h13-14,25H,8-12H2,1-7H3. The van der Waals surface area contributed by atoms with Gasteiger partial charge in [-0.05, 0) is 72.9 Å². The maximum Gasteiger partial charge on any atom is 0.358 e. The molecule has 0 amide bonds. The largest absolute Gasteiger partial charge is 0.490 e. The lowest BCUT2D eigenvalue weighted by Crippen LogP contribution is -2.30. The Kier molecular flexibility index (Phi) is 7.73. The molecule has 38 heavy (non-hydrogen) atoms. The van der Waals surface area contributed by atoms with Gasteiger partial charge in [0.1, 0.15) is 0 Å². The molecule has 1 unspecified atom stereocenters. The minimum Gasteiger partial charge on any atom is -0.490 e. The fraction of sp³-hybridized carbons (Fsp3) is 0.500. The van der Waals surface area contributed by atoms with Crippen molar-refractivity contribution in [2.24, 2.45) is 0 Å². The van der Waals surface area contributed by atoms with Gasteiger partial charge in [0.05, 0.1) is 31.1 Å². The van der Waals surface area contributed by atoms with Gasteiger partial charge in [0.15, 0.2) is 29.0 Å². The summed E-state index contributed by atoms with van der Waals surface area (Å²) in [6, 6.07) is 2.89. The predicted molar refractivity (Wildman–Crippen MR) is 138 cm³/mol. The zero-order chi connectivity index (χ0) is 27.8. The summed E-state index contributed by atoms with van der Waals surface area (Å²) in [4.78, 5) is 30.5. The van der Waals surface area contributed by atoms with E-state index in [1.807, 2.05) is 27.7 Å². The van der Waals surface area contributed by atoms with Crippen molar-refractivity contribution in [1.82, 2.24) is 14.6 Å². The van der Waals surface area contributed by atoms with Crippen molar-refractivity contribution in [1.29, 1.82) is 0 Å². The van der Waals surface area contributed by atoms with Crippen LogP contribution >= 0.6 is 0 Å². The Bertz CT molecular complexity index is 1390. The summed E-state index contributed by atoms with van der Waals surface area (Å²) >= 11 is 0. The molecule has 4 rings (SSSR count). The second-order valence-electron chi connectivity index (χ2n) is 10.1. The second-order valence-corrected chi connectivity index (χ2v) is 10.1. The van der Waals surface area contributed by atoms with Gasteiger partial charge in [-0.3, -0.25) is 0 Å². The first-order valence-electron chi connectivity index (χ1n) is 12.8. The SMILES string of the molecule is CCOC(=O)c1cc2nc(C)c(C(OC(C)(C)C)C(=O)OCC)c(-c3cc(F)c4c(c3C)CCCO4)n2n1. The number of benzene rings is 1. The van der Waals surface area contributed by atoms with Gasteiger partial charge in [0.25, 0.3) is 0 Å². The molecule has 0 radical (unpaired) electrons. The quantitative estimate of drug-likeness (QED) is 0.393. The monoisotopic (exact) mass is 527 g/mol. The Morgan fingerprint density at radius 1 is 1.16 bits per heavy atom. The van der Waals surface area contributed by atoms with Gasteiger partial charge in [-0.25, -0.2) is 23.5 Å². The lowest BCUT2D eigenvalue weighted by Gasteiger charge is -2.29. The van der Waals surface area contributed by atoms with E-state index in [0.717, 1.165) is 17.5 Å². The van der Waals surface area contributed by atoms with Crippen molar-refractivity contribution in [3.8, 4) is 17.0 Å². The van der Waals surface area contributed by atoms with Crippen molar-refractivity contribution < 1.29 is 32.9 Å². The molecule has 3 heterocycles. The molecular weight excluding hydrogens is 493 g/mol. The van der Waals surface area contributed by atoms with Crippen LogP contribution in [0.15, 0.2) is 12.1 Å². The highest BCUT2D eigenvalue weighted by Crippen LogP contribution is 2.41. The average Bonchev–Trinajstić information content (AvgIpc) is 3.28. The first-order valence-corrected chi connectivity index (χ1v) is 12.8. The van der Waals surface area contributed by atoms with Crippen LogP contribution in [0.1, 0.15) is 80.0 Å². The fourth-order valence-electron chi connectivity index (χ4n) is 4.71. The summed E-state index contributed by atoms with van der Waals surface area (Å²) in [5.41, 5.74) is 2.89. The van der Waals surface area contributed by atoms with Gasteiger partial charge in [0.2, 0.25) is 0 Å². The summed E-state index contributed by atoms with van der Waals surface area (Å²) in [7, 11) is 0. The molecule has 0 bridgehead atoms. The maximum atomic E-state index is 15.4. The van der Waals surface area contributed by atoms with Crippen LogP contribution < -0.4 is 4.74 Å². The third-order valence-electron chi connectivity index (χ3n) is 6.24. The molecule has 1 aliphatic heterocycles. The highest BCUT2D eigenvalue weighted by Gasteiger charge is 2.35. The summed E-state index contributed by atoms with van der Waals surface area (Å²) in [6.45, 7) is 13.3. The molecule has 1 atom stereocenters. The molecule has 0 aliphatic carbocycles. The highest BCUT2D eigenvalue weighted by atomic mass is 19.1. The minimum atomic E-state index is -1.19. The topological polar surface area (TPSA) is 101 Å². The number of hydrogen-bond acceptors (Lipinski definition) is 8. The molecule has 2 aromatic heterocycles. The number of aromatic nitrogens is 3. The van der Waals surface area contributed by atoms with Gasteiger partial charge in [-0.15, -0.1) is 0 Å². The third kappa shape index (κ3) is 5.22. The van der Waals surface area contributed by atoms with E-state index >= 15 is 4.39 Å². The van der Waals surface area contributed by atoms with Crippen LogP contribution in [0.3, 0.4) is 0 Å². The molecule has 10 heteroatoms. The molecule has 1 aromatic carbocycles. The van der Waals surface area contributed by atoms with Crippen molar-refractivity contribution in [3.63, 3.8) is 0 Å². The van der Waals surface area contributed by atoms with Crippen molar-refractivity contribution in [2.75, 3.05) is 19.8 Å². The van der Waals surface area contributed by atoms with E-state index in [2.05, 4.69) is 10.1 Å². The lowest BCUT2D eigenvalue weighted by molar-refractivity contribution is -0.166. The van der Waals surface area contributed by atoms with Crippen LogP contribution in [-0.2, 0) is 25.4 Å². The summed E-state index contributed by atoms with van der Waals surface area (Å²) in [5.74, 6) is -1.50. The number of rotatable bonds is 7. The summed E-state index contributed by atoms with van der Waals surface area (Å²) in [6.07, 6.45) is 0.204. The maximum absolute atomic E-state index is 15.4. The fourth-order valence-corrected chi connectivity index (χ4v) is 4.71. The Morgan fingerprint density at radius 2 is 1.87 bits per heavy atom. The number of ether oxygens (including phenoxy) is 4. The normalized spacial score (nSPS) is 14.1. The number of hydrogen-bond donors (Lipinski definition) is 0. The van der Waals surface area contributed by atoms with Gasteiger partial charge < -0.3 is 18.9 Å². The Hall–Kier alpha value is -3.53. The highest BCUT2D eigenvalue weighted by molar-refractivity contribution is 5.89. The van der Waals surface area contributed by atoms with Crippen LogP contribution in [-0.4, -0.2) is 52.0 Å². The smallest absolute Gasteiger partial charge is 0.358 e. The van der Waals surface area contributed by atoms with Crippen molar-refractivity contribution in [2.45, 2.75) is 73.0 Å². The van der Waals surface area contributed by atoms with Gasteiger partial charge in [-0.2, -0.15) is 5.10 Å². The Labute approximate surface area is 221 Å². The molecule has 0 fully saturated rings. The second kappa shape index (κ2) is 10.7. The zero-order valence-corrected chi connectivity index (χ0v) is 22.9. The zero-order valence-electron chi connectivity index (χ0n) is 22.9. The number of carbonyl (C=O) groups excluding carboxylic acids is 2. The molecule has 0 saturated heterocycles. The molecule has 204 valence electrons. The van der Waals surface area contributed by atoms with Crippen LogP contribution in [0.5, 0.6) is 5.75 Å². The van der Waals surface area contributed by atoms with E-state index in [9.17, 15) is 9.59 Å². The van der Waals surface area contributed by atoms with Gasteiger partial charge in [-0.1, -0.05) is 0 Å². The average molecular weight is 528 g/mol. The Morgan fingerprint density at radius 3 is 2.53 bits per heavy atom. The number of esters is 2. The molecule has 0 spiro atoms. The van der Waals surface area contributed by atoms with E-state index in [1.54, 1.807) is 20.8 Å². The minimum absolute atomic E-state index is 0.0426. The molecule has 0 saturated carbocycles. The first kappa shape index (κ1) is 27.5.